The molecule has 0 amide bonds. The van der Waals surface area contributed by atoms with Crippen molar-refractivity contribution < 1.29 is 0 Å². The first-order valence-corrected chi connectivity index (χ1v) is 3.39. The van der Waals surface area contributed by atoms with Crippen molar-refractivity contribution in [3.05, 3.63) is 11.2 Å². The van der Waals surface area contributed by atoms with E-state index >= 15 is 0 Å². The van der Waals surface area contributed by atoms with E-state index in [-0.39, 0.29) is 5.29 Å². The lowest BCUT2D eigenvalue weighted by Crippen LogP contribution is -2.29. The van der Waals surface area contributed by atoms with E-state index in [1.165, 1.54) is 6.20 Å². The van der Waals surface area contributed by atoms with Crippen LogP contribution in [0.5, 0.6) is 0 Å². The van der Waals surface area contributed by atoms with Gasteiger partial charge in [0, 0.05) is 6.20 Å². The van der Waals surface area contributed by atoms with E-state index in [9.17, 15) is 0 Å². The van der Waals surface area contributed by atoms with Gasteiger partial charge < -0.3 is 5.32 Å². The molecule has 50 valence electrons. The molecule has 1 aliphatic rings. The molecule has 0 aliphatic carbocycles. The molecule has 1 N–H and O–H groups in total. The summed E-state index contributed by atoms with van der Waals surface area (Å²) in [4.78, 5) is 3.65. The summed E-state index contributed by atoms with van der Waals surface area (Å²) in [5.74, 6) is 0. The van der Waals surface area contributed by atoms with Crippen molar-refractivity contribution in [3.8, 4) is 0 Å². The van der Waals surface area contributed by atoms with Crippen LogP contribution in [0.1, 0.15) is 0 Å². The second-order valence-corrected chi connectivity index (χ2v) is 2.67. The van der Waals surface area contributed by atoms with Gasteiger partial charge in [-0.05, 0) is 11.6 Å². The Morgan fingerprint density at radius 1 is 1.56 bits per heavy atom. The van der Waals surface area contributed by atoms with Crippen molar-refractivity contribution >= 4 is 40.1 Å². The van der Waals surface area contributed by atoms with Crippen LogP contribution in [-0.2, 0) is 0 Å². The lowest BCUT2D eigenvalue weighted by molar-refractivity contribution is 0.938. The van der Waals surface area contributed by atoms with Gasteiger partial charge in [-0.15, -0.1) is 0 Å². The van der Waals surface area contributed by atoms with Crippen molar-refractivity contribution in [2.24, 2.45) is 4.99 Å². The minimum atomic E-state index is -0.434. The Kier molecular flexibility index (Phi) is 2.22. The molecule has 0 aromatic carbocycles. The number of amidine groups is 1. The van der Waals surface area contributed by atoms with Crippen molar-refractivity contribution in [2.45, 2.75) is 5.50 Å². The maximum absolute atomic E-state index is 5.59. The number of nitrogens with zero attached hydrogens (tertiary/aromatic N) is 1. The molecule has 0 bridgehead atoms. The Bertz CT molecular complexity index is 175. The molecule has 2 nitrogen and oxygen atoms in total. The first kappa shape index (κ1) is 7.19. The number of alkyl halides is 1. The average molecular weight is 185 g/mol. The average Bonchev–Trinajstić information content (AvgIpc) is 1.80. The van der Waals surface area contributed by atoms with Gasteiger partial charge in [-0.25, -0.2) is 4.99 Å². The molecular weight excluding hydrogens is 182 g/mol. The molecule has 1 rings (SSSR count). The third-order valence-corrected chi connectivity index (χ3v) is 1.77. The first-order valence-electron chi connectivity index (χ1n) is 2.19. The summed E-state index contributed by atoms with van der Waals surface area (Å²) >= 11 is 16.5. The van der Waals surface area contributed by atoms with Gasteiger partial charge in [-0.2, -0.15) is 0 Å². The zero-order valence-corrected chi connectivity index (χ0v) is 6.50. The second kappa shape index (κ2) is 2.78. The fourth-order valence-corrected chi connectivity index (χ4v) is 0.871. The number of hydrogen-bond acceptors (Lipinski definition) is 2. The van der Waals surface area contributed by atoms with Crippen LogP contribution in [0.2, 0.25) is 0 Å². The van der Waals surface area contributed by atoms with E-state index < -0.39 is 5.50 Å². The highest BCUT2D eigenvalue weighted by Gasteiger charge is 2.12. The zero-order valence-electron chi connectivity index (χ0n) is 4.24. The Morgan fingerprint density at radius 2 is 2.22 bits per heavy atom. The van der Waals surface area contributed by atoms with Gasteiger partial charge in [0.2, 0.25) is 0 Å². The van der Waals surface area contributed by atoms with Crippen molar-refractivity contribution in [2.75, 3.05) is 0 Å². The highest BCUT2D eigenvalue weighted by atomic mass is 35.5. The zero-order chi connectivity index (χ0) is 6.85. The Labute approximate surface area is 67.5 Å². The quantitative estimate of drug-likeness (QED) is 0.452. The molecule has 0 saturated carbocycles. The summed E-state index contributed by atoms with van der Waals surface area (Å²) in [5, 5.41) is 3.32. The minimum absolute atomic E-state index is 0.263. The monoisotopic (exact) mass is 184 g/mol. The molecule has 0 aromatic heterocycles. The fraction of sp³-hybridized carbons (Fsp3) is 0.250. The van der Waals surface area contributed by atoms with E-state index in [0.29, 0.717) is 5.03 Å². The van der Waals surface area contributed by atoms with Crippen LogP contribution in [0, 0.1) is 0 Å². The van der Waals surface area contributed by atoms with E-state index in [1.54, 1.807) is 0 Å². The van der Waals surface area contributed by atoms with Crippen LogP contribution in [0.25, 0.3) is 0 Å². The summed E-state index contributed by atoms with van der Waals surface area (Å²) in [5.41, 5.74) is -0.434. The van der Waals surface area contributed by atoms with Gasteiger partial charge in [0.15, 0.2) is 5.29 Å². The summed E-state index contributed by atoms with van der Waals surface area (Å²) in [7, 11) is 0. The topological polar surface area (TPSA) is 24.4 Å². The summed E-state index contributed by atoms with van der Waals surface area (Å²) < 4.78 is 0. The lowest BCUT2D eigenvalue weighted by Gasteiger charge is -2.12. The Balaban J connectivity index is 2.74. The van der Waals surface area contributed by atoms with E-state index in [0.717, 1.165) is 0 Å². The standard InChI is InChI=1S/C4H3Cl3N2/c5-2-1-8-4(7)9-3(2)6/h1,3H,(H,8,9). The molecule has 0 fully saturated rings. The number of rotatable bonds is 0. The number of nitrogens with one attached hydrogen (secondary N) is 1. The van der Waals surface area contributed by atoms with Gasteiger partial charge in [0.05, 0.1) is 5.03 Å². The van der Waals surface area contributed by atoms with Gasteiger partial charge in [-0.1, -0.05) is 23.2 Å². The number of halogens is 3. The molecule has 9 heavy (non-hydrogen) atoms. The molecule has 0 saturated heterocycles. The van der Waals surface area contributed by atoms with Crippen LogP contribution < -0.4 is 5.32 Å². The van der Waals surface area contributed by atoms with Crippen molar-refractivity contribution in [3.63, 3.8) is 0 Å². The largest absolute Gasteiger partial charge is 0.340 e. The molecule has 1 atom stereocenters. The fourth-order valence-electron chi connectivity index (χ4n) is 0.395. The molecule has 1 heterocycles. The van der Waals surface area contributed by atoms with E-state index in [4.69, 9.17) is 34.8 Å². The molecule has 0 spiro atoms. The van der Waals surface area contributed by atoms with Crippen LogP contribution in [0.15, 0.2) is 16.2 Å². The van der Waals surface area contributed by atoms with Gasteiger partial charge in [-0.3, -0.25) is 0 Å². The molecular formula is C4H3Cl3N2. The summed E-state index contributed by atoms with van der Waals surface area (Å²) in [6.45, 7) is 0. The number of hydrogen-bond donors (Lipinski definition) is 1. The predicted octanol–water partition coefficient (Wildman–Crippen LogP) is 1.83. The molecule has 5 heteroatoms. The maximum Gasteiger partial charge on any atom is 0.197 e. The van der Waals surface area contributed by atoms with Crippen molar-refractivity contribution in [1.29, 1.82) is 0 Å². The molecule has 1 unspecified atom stereocenters. The molecule has 1 aliphatic heterocycles. The maximum atomic E-state index is 5.59. The predicted molar refractivity (Wildman–Crippen MR) is 40.0 cm³/mol. The van der Waals surface area contributed by atoms with Crippen LogP contribution in [0.3, 0.4) is 0 Å². The summed E-state index contributed by atoms with van der Waals surface area (Å²) in [6.07, 6.45) is 1.41. The smallest absolute Gasteiger partial charge is 0.197 e. The third-order valence-electron chi connectivity index (χ3n) is 0.789. The first-order chi connectivity index (χ1) is 4.20. The van der Waals surface area contributed by atoms with E-state index in [1.807, 2.05) is 0 Å². The second-order valence-electron chi connectivity index (χ2n) is 1.44. The van der Waals surface area contributed by atoms with E-state index in [2.05, 4.69) is 10.3 Å². The number of aliphatic imine (C=N–C) groups is 1. The van der Waals surface area contributed by atoms with Gasteiger partial charge in [0.1, 0.15) is 5.50 Å². The Morgan fingerprint density at radius 3 is 2.67 bits per heavy atom. The van der Waals surface area contributed by atoms with Crippen LogP contribution >= 0.6 is 34.8 Å². The van der Waals surface area contributed by atoms with Gasteiger partial charge >= 0.3 is 0 Å². The lowest BCUT2D eigenvalue weighted by atomic mass is 10.5. The SMILES string of the molecule is ClC1=CN=C(Cl)NC1Cl. The third kappa shape index (κ3) is 1.75. The Hall–Kier alpha value is 0.0800. The highest BCUT2D eigenvalue weighted by Crippen LogP contribution is 2.15. The molecule has 0 aromatic rings. The summed E-state index contributed by atoms with van der Waals surface area (Å²) in [6, 6.07) is 0. The minimum Gasteiger partial charge on any atom is -0.340 e. The van der Waals surface area contributed by atoms with Gasteiger partial charge in [0.25, 0.3) is 0 Å². The van der Waals surface area contributed by atoms with Crippen LogP contribution in [-0.4, -0.2) is 10.8 Å². The highest BCUT2D eigenvalue weighted by molar-refractivity contribution is 6.65. The normalized spacial score (nSPS) is 26.3. The molecule has 0 radical (unpaired) electrons. The van der Waals surface area contributed by atoms with Crippen LogP contribution in [0.4, 0.5) is 0 Å². The van der Waals surface area contributed by atoms with Crippen molar-refractivity contribution in [1.82, 2.24) is 5.32 Å².